The summed E-state index contributed by atoms with van der Waals surface area (Å²) in [4.78, 5) is 15.5. The first-order chi connectivity index (χ1) is 7.99. The van der Waals surface area contributed by atoms with Gasteiger partial charge >= 0.3 is 6.03 Å². The highest BCUT2D eigenvalue weighted by Gasteiger charge is 2.34. The van der Waals surface area contributed by atoms with Crippen molar-refractivity contribution < 1.29 is 13.2 Å². The molecule has 2 aliphatic heterocycles. The first kappa shape index (κ1) is 12.6. The predicted molar refractivity (Wildman–Crippen MR) is 64.7 cm³/mol. The summed E-state index contributed by atoms with van der Waals surface area (Å²) in [6, 6.07) is -0.198. The number of carbonyl (C=O) groups is 1. The SMILES string of the molecule is CN(C(=O)N1CCNCC1)C1CCS(=O)(=O)C1. The van der Waals surface area contributed by atoms with Crippen LogP contribution in [0.4, 0.5) is 4.79 Å². The number of nitrogens with zero attached hydrogens (tertiary/aromatic N) is 2. The van der Waals surface area contributed by atoms with Crippen LogP contribution in [0.3, 0.4) is 0 Å². The van der Waals surface area contributed by atoms with E-state index in [0.29, 0.717) is 19.5 Å². The summed E-state index contributed by atoms with van der Waals surface area (Å²) in [6.45, 7) is 3.01. The van der Waals surface area contributed by atoms with Crippen LogP contribution < -0.4 is 5.32 Å². The number of piperazine rings is 1. The molecular weight excluding hydrogens is 242 g/mol. The summed E-state index contributed by atoms with van der Waals surface area (Å²) >= 11 is 0. The van der Waals surface area contributed by atoms with Gasteiger partial charge in [-0.25, -0.2) is 13.2 Å². The largest absolute Gasteiger partial charge is 0.324 e. The summed E-state index contributed by atoms with van der Waals surface area (Å²) < 4.78 is 22.8. The van der Waals surface area contributed by atoms with Gasteiger partial charge in [0, 0.05) is 39.3 Å². The van der Waals surface area contributed by atoms with E-state index in [1.807, 2.05) is 0 Å². The highest BCUT2D eigenvalue weighted by molar-refractivity contribution is 7.91. The maximum absolute atomic E-state index is 12.1. The fourth-order valence-corrected chi connectivity index (χ4v) is 4.09. The fourth-order valence-electron chi connectivity index (χ4n) is 2.32. The maximum atomic E-state index is 12.1. The Hall–Kier alpha value is -0.820. The molecule has 2 amide bonds. The molecule has 2 saturated heterocycles. The summed E-state index contributed by atoms with van der Waals surface area (Å²) in [5.41, 5.74) is 0. The molecule has 0 spiro atoms. The molecule has 0 saturated carbocycles. The molecule has 98 valence electrons. The average molecular weight is 261 g/mol. The Morgan fingerprint density at radius 3 is 2.53 bits per heavy atom. The third-order valence-electron chi connectivity index (χ3n) is 3.45. The van der Waals surface area contributed by atoms with Crippen LogP contribution in [0.1, 0.15) is 6.42 Å². The minimum absolute atomic E-state index is 0.0476. The molecule has 1 unspecified atom stereocenters. The Bertz CT molecular complexity index is 390. The molecular formula is C10H19N3O3S. The van der Waals surface area contributed by atoms with Crippen molar-refractivity contribution in [3.8, 4) is 0 Å². The van der Waals surface area contributed by atoms with Crippen LogP contribution >= 0.6 is 0 Å². The molecule has 0 aromatic rings. The number of hydrogen-bond acceptors (Lipinski definition) is 4. The molecule has 0 aromatic heterocycles. The third-order valence-corrected chi connectivity index (χ3v) is 5.20. The second-order valence-electron chi connectivity index (χ2n) is 4.69. The van der Waals surface area contributed by atoms with E-state index in [1.165, 1.54) is 0 Å². The van der Waals surface area contributed by atoms with E-state index < -0.39 is 9.84 Å². The van der Waals surface area contributed by atoms with Gasteiger partial charge in [0.05, 0.1) is 11.5 Å². The second-order valence-corrected chi connectivity index (χ2v) is 6.92. The lowest BCUT2D eigenvalue weighted by Crippen LogP contribution is -2.53. The van der Waals surface area contributed by atoms with Crippen molar-refractivity contribution >= 4 is 15.9 Å². The zero-order valence-corrected chi connectivity index (χ0v) is 10.9. The van der Waals surface area contributed by atoms with Crippen molar-refractivity contribution in [2.24, 2.45) is 0 Å². The Kier molecular flexibility index (Phi) is 3.58. The number of carbonyl (C=O) groups excluding carboxylic acids is 1. The molecule has 1 N–H and O–H groups in total. The summed E-state index contributed by atoms with van der Waals surface area (Å²) in [6.07, 6.45) is 0.566. The van der Waals surface area contributed by atoms with Crippen molar-refractivity contribution in [1.82, 2.24) is 15.1 Å². The lowest BCUT2D eigenvalue weighted by Gasteiger charge is -2.33. The van der Waals surface area contributed by atoms with Crippen LogP contribution in [0.2, 0.25) is 0 Å². The van der Waals surface area contributed by atoms with E-state index in [0.717, 1.165) is 13.1 Å². The Morgan fingerprint density at radius 2 is 2.00 bits per heavy atom. The Labute approximate surface area is 102 Å². The Morgan fingerprint density at radius 1 is 1.35 bits per heavy atom. The maximum Gasteiger partial charge on any atom is 0.320 e. The monoisotopic (exact) mass is 261 g/mol. The van der Waals surface area contributed by atoms with Crippen LogP contribution in [-0.4, -0.2) is 75.0 Å². The normalized spacial score (nSPS) is 28.1. The van der Waals surface area contributed by atoms with Crippen molar-refractivity contribution in [2.75, 3.05) is 44.7 Å². The predicted octanol–water partition coefficient (Wildman–Crippen LogP) is -0.869. The average Bonchev–Trinajstić information content (AvgIpc) is 2.69. The first-order valence-corrected chi connectivity index (χ1v) is 7.74. The Balaban J connectivity index is 1.95. The molecule has 2 heterocycles. The van der Waals surface area contributed by atoms with E-state index in [9.17, 15) is 13.2 Å². The number of hydrogen-bond donors (Lipinski definition) is 1. The van der Waals surface area contributed by atoms with E-state index in [2.05, 4.69) is 5.32 Å². The standard InChI is InChI=1S/C10H19N3O3S/c1-12(9-2-7-17(15,16)8-9)10(14)13-5-3-11-4-6-13/h9,11H,2-8H2,1H3. The molecule has 2 fully saturated rings. The number of amides is 2. The molecule has 2 aliphatic rings. The first-order valence-electron chi connectivity index (χ1n) is 5.92. The van der Waals surface area contributed by atoms with Gasteiger partial charge in [0.15, 0.2) is 9.84 Å². The highest BCUT2D eigenvalue weighted by atomic mass is 32.2. The van der Waals surface area contributed by atoms with Crippen LogP contribution in [0.5, 0.6) is 0 Å². The van der Waals surface area contributed by atoms with Gasteiger partial charge in [-0.3, -0.25) is 0 Å². The number of sulfone groups is 1. The molecule has 0 radical (unpaired) electrons. The van der Waals surface area contributed by atoms with E-state index >= 15 is 0 Å². The van der Waals surface area contributed by atoms with Gasteiger partial charge in [0.1, 0.15) is 0 Å². The minimum Gasteiger partial charge on any atom is -0.324 e. The lowest BCUT2D eigenvalue weighted by atomic mass is 10.2. The highest BCUT2D eigenvalue weighted by Crippen LogP contribution is 2.17. The van der Waals surface area contributed by atoms with Crippen molar-refractivity contribution in [1.29, 1.82) is 0 Å². The van der Waals surface area contributed by atoms with Crippen LogP contribution in [0.25, 0.3) is 0 Å². The van der Waals surface area contributed by atoms with Crippen molar-refractivity contribution in [3.63, 3.8) is 0 Å². The number of urea groups is 1. The zero-order valence-electron chi connectivity index (χ0n) is 10.1. The molecule has 0 aromatic carbocycles. The van der Waals surface area contributed by atoms with Crippen molar-refractivity contribution in [2.45, 2.75) is 12.5 Å². The summed E-state index contributed by atoms with van der Waals surface area (Å²) in [5.74, 6) is 0.318. The lowest BCUT2D eigenvalue weighted by molar-refractivity contribution is 0.144. The topological polar surface area (TPSA) is 69.7 Å². The van der Waals surface area contributed by atoms with Crippen LogP contribution in [0.15, 0.2) is 0 Å². The van der Waals surface area contributed by atoms with E-state index in [4.69, 9.17) is 0 Å². The number of rotatable bonds is 1. The van der Waals surface area contributed by atoms with Gasteiger partial charge in [-0.1, -0.05) is 0 Å². The summed E-state index contributed by atoms with van der Waals surface area (Å²) in [7, 11) is -1.23. The van der Waals surface area contributed by atoms with Crippen LogP contribution in [-0.2, 0) is 9.84 Å². The third kappa shape index (κ3) is 2.90. The quantitative estimate of drug-likeness (QED) is 0.666. The van der Waals surface area contributed by atoms with Gasteiger partial charge in [-0.15, -0.1) is 0 Å². The van der Waals surface area contributed by atoms with E-state index in [1.54, 1.807) is 16.8 Å². The van der Waals surface area contributed by atoms with Gasteiger partial charge in [-0.05, 0) is 6.42 Å². The van der Waals surface area contributed by atoms with Gasteiger partial charge in [0.2, 0.25) is 0 Å². The van der Waals surface area contributed by atoms with Gasteiger partial charge < -0.3 is 15.1 Å². The molecule has 17 heavy (non-hydrogen) atoms. The van der Waals surface area contributed by atoms with Crippen molar-refractivity contribution in [3.05, 3.63) is 0 Å². The minimum atomic E-state index is -2.93. The molecule has 0 aliphatic carbocycles. The van der Waals surface area contributed by atoms with Gasteiger partial charge in [-0.2, -0.15) is 0 Å². The second kappa shape index (κ2) is 4.81. The molecule has 0 bridgehead atoms. The summed E-state index contributed by atoms with van der Waals surface area (Å²) in [5, 5.41) is 3.18. The zero-order chi connectivity index (χ0) is 12.5. The molecule has 2 rings (SSSR count). The van der Waals surface area contributed by atoms with E-state index in [-0.39, 0.29) is 23.6 Å². The fraction of sp³-hybridized carbons (Fsp3) is 0.900. The molecule has 6 nitrogen and oxygen atoms in total. The van der Waals surface area contributed by atoms with Crippen LogP contribution in [0, 0.1) is 0 Å². The smallest absolute Gasteiger partial charge is 0.320 e. The molecule has 1 atom stereocenters. The number of nitrogens with one attached hydrogen (secondary N) is 1. The van der Waals surface area contributed by atoms with Gasteiger partial charge in [0.25, 0.3) is 0 Å². The molecule has 7 heteroatoms.